The number of likely N-dealkylation sites (tertiary alicyclic amines) is 2. The van der Waals surface area contributed by atoms with Crippen LogP contribution in [0.1, 0.15) is 70.0 Å². The zero-order valence-electron chi connectivity index (χ0n) is 20.5. The van der Waals surface area contributed by atoms with Crippen LogP contribution in [0.25, 0.3) is 0 Å². The molecule has 0 N–H and O–H groups in total. The van der Waals surface area contributed by atoms with Gasteiger partial charge < -0.3 is 9.80 Å². The molecule has 1 atom stereocenters. The number of pyridine rings is 1. The lowest BCUT2D eigenvalue weighted by Crippen LogP contribution is -2.39. The molecule has 2 aliphatic heterocycles. The first-order valence-corrected chi connectivity index (χ1v) is 12.7. The maximum Gasteiger partial charge on any atom is 0.253 e. The smallest absolute Gasteiger partial charge is 0.253 e. The van der Waals surface area contributed by atoms with Crippen LogP contribution in [0.4, 0.5) is 0 Å². The topological polar surface area (TPSA) is 53.5 Å². The summed E-state index contributed by atoms with van der Waals surface area (Å²) in [7, 11) is 0. The van der Waals surface area contributed by atoms with Crippen molar-refractivity contribution in [1.82, 2.24) is 14.8 Å². The number of benzene rings is 2. The Balaban J connectivity index is 1.26. The van der Waals surface area contributed by atoms with E-state index < -0.39 is 0 Å². The molecule has 35 heavy (non-hydrogen) atoms. The molecule has 0 spiro atoms. The summed E-state index contributed by atoms with van der Waals surface area (Å²) < 4.78 is 0. The van der Waals surface area contributed by atoms with Crippen LogP contribution in [0.2, 0.25) is 0 Å². The predicted molar refractivity (Wildman–Crippen MR) is 137 cm³/mol. The Labute approximate surface area is 207 Å². The fourth-order valence-corrected chi connectivity index (χ4v) is 5.34. The largest absolute Gasteiger partial charge is 0.338 e. The lowest BCUT2D eigenvalue weighted by Gasteiger charge is -2.33. The number of hydrogen-bond donors (Lipinski definition) is 0. The molecule has 180 valence electrons. The maximum absolute atomic E-state index is 13.4. The third-order valence-corrected chi connectivity index (χ3v) is 7.14. The summed E-state index contributed by atoms with van der Waals surface area (Å²) in [5, 5.41) is 0. The molecule has 2 saturated heterocycles. The first-order valence-electron chi connectivity index (χ1n) is 12.7. The molecule has 2 aliphatic rings. The monoisotopic (exact) mass is 467 g/mol. The van der Waals surface area contributed by atoms with Crippen LogP contribution in [0.3, 0.4) is 0 Å². The van der Waals surface area contributed by atoms with Gasteiger partial charge in [0.2, 0.25) is 5.91 Å². The Bertz CT molecular complexity index is 1220. The molecule has 0 bridgehead atoms. The number of hydrogen-bond acceptors (Lipinski definition) is 3. The summed E-state index contributed by atoms with van der Waals surface area (Å²) in [6, 6.07) is 22.6. The highest BCUT2D eigenvalue weighted by Gasteiger charge is 2.27. The normalized spacial score (nSPS) is 18.2. The minimum absolute atomic E-state index is 0.0696. The van der Waals surface area contributed by atoms with Crippen LogP contribution < -0.4 is 0 Å². The molecule has 5 heteroatoms. The third kappa shape index (κ3) is 5.61. The van der Waals surface area contributed by atoms with Gasteiger partial charge in [0.05, 0.1) is 0 Å². The van der Waals surface area contributed by atoms with Gasteiger partial charge in [-0.3, -0.25) is 14.6 Å². The van der Waals surface area contributed by atoms with Gasteiger partial charge in [0.15, 0.2) is 0 Å². The maximum atomic E-state index is 13.4. The van der Waals surface area contributed by atoms with Gasteiger partial charge in [-0.15, -0.1) is 0 Å². The van der Waals surface area contributed by atoms with Gasteiger partial charge in [-0.05, 0) is 61.6 Å². The molecule has 2 aromatic carbocycles. The van der Waals surface area contributed by atoms with Gasteiger partial charge in [-0.1, -0.05) is 48.0 Å². The van der Waals surface area contributed by atoms with Crippen LogP contribution in [-0.2, 0) is 17.8 Å². The van der Waals surface area contributed by atoms with Crippen LogP contribution >= 0.6 is 0 Å². The average molecular weight is 468 g/mol. The molecular formula is C30H33N3O2. The van der Waals surface area contributed by atoms with Gasteiger partial charge in [0, 0.05) is 61.9 Å². The van der Waals surface area contributed by atoms with E-state index in [9.17, 15) is 9.59 Å². The third-order valence-electron chi connectivity index (χ3n) is 7.14. The Morgan fingerprint density at radius 2 is 1.80 bits per heavy atom. The highest BCUT2D eigenvalue weighted by molar-refractivity contribution is 5.94. The Kier molecular flexibility index (Phi) is 6.94. The van der Waals surface area contributed by atoms with Crippen LogP contribution in [-0.4, -0.2) is 46.2 Å². The van der Waals surface area contributed by atoms with E-state index in [1.54, 1.807) is 0 Å². The molecule has 0 aliphatic carbocycles. The summed E-state index contributed by atoms with van der Waals surface area (Å²) >= 11 is 0. The second kappa shape index (κ2) is 10.4. The number of carbonyl (C=O) groups excluding carboxylic acids is 2. The summed E-state index contributed by atoms with van der Waals surface area (Å²) in [5.41, 5.74) is 6.40. The number of aromatic nitrogens is 1. The van der Waals surface area contributed by atoms with Crippen molar-refractivity contribution in [2.24, 2.45) is 0 Å². The van der Waals surface area contributed by atoms with Crippen molar-refractivity contribution in [3.05, 3.63) is 100 Å². The van der Waals surface area contributed by atoms with Crippen molar-refractivity contribution in [3.8, 4) is 0 Å². The molecule has 5 rings (SSSR count). The first-order chi connectivity index (χ1) is 17.0. The van der Waals surface area contributed by atoms with E-state index in [0.29, 0.717) is 25.1 Å². The number of amides is 2. The van der Waals surface area contributed by atoms with E-state index in [4.69, 9.17) is 4.98 Å². The van der Waals surface area contributed by atoms with Crippen LogP contribution in [0, 0.1) is 6.92 Å². The minimum atomic E-state index is 0.0696. The van der Waals surface area contributed by atoms with Crippen molar-refractivity contribution >= 4 is 11.8 Å². The zero-order chi connectivity index (χ0) is 24.2. The van der Waals surface area contributed by atoms with Crippen molar-refractivity contribution in [2.75, 3.05) is 19.6 Å². The average Bonchev–Trinajstić information content (AvgIpc) is 3.28. The van der Waals surface area contributed by atoms with E-state index >= 15 is 0 Å². The van der Waals surface area contributed by atoms with E-state index in [1.165, 1.54) is 11.1 Å². The lowest BCUT2D eigenvalue weighted by atomic mass is 9.93. The molecular weight excluding hydrogens is 434 g/mol. The summed E-state index contributed by atoms with van der Waals surface area (Å²) in [6.45, 7) is 4.96. The lowest BCUT2D eigenvalue weighted by molar-refractivity contribution is -0.128. The van der Waals surface area contributed by atoms with Crippen molar-refractivity contribution in [2.45, 2.75) is 51.5 Å². The van der Waals surface area contributed by atoms with E-state index in [1.807, 2.05) is 34.1 Å². The van der Waals surface area contributed by atoms with Gasteiger partial charge in [0.1, 0.15) is 0 Å². The van der Waals surface area contributed by atoms with E-state index in [2.05, 4.69) is 49.4 Å². The molecule has 1 unspecified atom stereocenters. The Morgan fingerprint density at radius 3 is 2.63 bits per heavy atom. The van der Waals surface area contributed by atoms with E-state index in [-0.39, 0.29) is 17.7 Å². The first kappa shape index (κ1) is 23.3. The van der Waals surface area contributed by atoms with Crippen molar-refractivity contribution < 1.29 is 9.59 Å². The quantitative estimate of drug-likeness (QED) is 0.505. The second-order valence-electron chi connectivity index (χ2n) is 9.93. The Morgan fingerprint density at radius 1 is 0.971 bits per heavy atom. The summed E-state index contributed by atoms with van der Waals surface area (Å²) in [6.07, 6.45) is 4.39. The number of piperidine rings is 1. The number of nitrogens with zero attached hydrogens (tertiary/aromatic N) is 3. The molecule has 3 aromatic rings. The fraction of sp³-hybridized carbons (Fsp3) is 0.367. The molecule has 5 nitrogen and oxygen atoms in total. The van der Waals surface area contributed by atoms with Gasteiger partial charge >= 0.3 is 0 Å². The molecule has 0 radical (unpaired) electrons. The molecule has 2 amide bonds. The van der Waals surface area contributed by atoms with Crippen LogP contribution in [0.15, 0.2) is 66.7 Å². The van der Waals surface area contributed by atoms with Gasteiger partial charge in [-0.2, -0.15) is 0 Å². The number of rotatable bonds is 6. The number of aryl methyl sites for hydroxylation is 1. The highest BCUT2D eigenvalue weighted by atomic mass is 16.2. The summed E-state index contributed by atoms with van der Waals surface area (Å²) in [5.74, 6) is 0.522. The zero-order valence-corrected chi connectivity index (χ0v) is 20.5. The molecule has 3 heterocycles. The SMILES string of the molecule is Cc1cccc(Cc2cccc(C3CCCN(C(=O)c4cccc(CN5CCCC5=O)c4)C3)n2)c1. The number of carbonyl (C=O) groups is 2. The highest BCUT2D eigenvalue weighted by Crippen LogP contribution is 2.27. The van der Waals surface area contributed by atoms with Crippen LogP contribution in [0.5, 0.6) is 0 Å². The minimum Gasteiger partial charge on any atom is -0.338 e. The standard InChI is InChI=1S/C30H33N3O2/c1-22-7-2-8-23(17-22)19-27-12-4-13-28(31-27)26-11-5-16-33(21-26)30(35)25-10-3-9-24(18-25)20-32-15-6-14-29(32)34/h2-4,7-10,12-13,17-18,26H,5-6,11,14-16,19-21H2,1H3. The molecule has 1 aromatic heterocycles. The second-order valence-corrected chi connectivity index (χ2v) is 9.93. The predicted octanol–water partition coefficient (Wildman–Crippen LogP) is 5.12. The Hall–Kier alpha value is -3.47. The van der Waals surface area contributed by atoms with Crippen molar-refractivity contribution in [3.63, 3.8) is 0 Å². The van der Waals surface area contributed by atoms with E-state index in [0.717, 1.165) is 55.7 Å². The van der Waals surface area contributed by atoms with Crippen molar-refractivity contribution in [1.29, 1.82) is 0 Å². The fourth-order valence-electron chi connectivity index (χ4n) is 5.34. The van der Waals surface area contributed by atoms with Gasteiger partial charge in [0.25, 0.3) is 5.91 Å². The molecule has 2 fully saturated rings. The summed E-state index contributed by atoms with van der Waals surface area (Å²) in [4.78, 5) is 34.2. The van der Waals surface area contributed by atoms with Gasteiger partial charge in [-0.25, -0.2) is 0 Å². The molecule has 0 saturated carbocycles.